The predicted molar refractivity (Wildman–Crippen MR) is 92.8 cm³/mol. The molecule has 0 aliphatic rings. The van der Waals surface area contributed by atoms with E-state index in [1.54, 1.807) is 38.5 Å². The maximum Gasteiger partial charge on any atom is 0.310 e. The van der Waals surface area contributed by atoms with E-state index in [4.69, 9.17) is 18.7 Å². The average molecular weight is 354 g/mol. The minimum absolute atomic E-state index is 0.0713. The van der Waals surface area contributed by atoms with Crippen LogP contribution in [0.25, 0.3) is 11.4 Å². The van der Waals surface area contributed by atoms with Gasteiger partial charge in [-0.05, 0) is 42.0 Å². The van der Waals surface area contributed by atoms with Gasteiger partial charge in [-0.25, -0.2) is 0 Å². The van der Waals surface area contributed by atoms with Gasteiger partial charge in [0.15, 0.2) is 6.61 Å². The topological polar surface area (TPSA) is 83.7 Å². The van der Waals surface area contributed by atoms with Gasteiger partial charge in [0.1, 0.15) is 11.5 Å². The molecule has 0 aliphatic carbocycles. The number of ether oxygens (including phenoxy) is 3. The summed E-state index contributed by atoms with van der Waals surface area (Å²) in [6.07, 6.45) is 0.156. The Bertz CT molecular complexity index is 856. The maximum atomic E-state index is 11.9. The molecule has 0 atom stereocenters. The first kappa shape index (κ1) is 17.5. The van der Waals surface area contributed by atoms with Crippen LogP contribution < -0.4 is 9.47 Å². The van der Waals surface area contributed by atoms with Gasteiger partial charge in [0.05, 0.1) is 20.6 Å². The van der Waals surface area contributed by atoms with Crippen molar-refractivity contribution < 1.29 is 23.5 Å². The van der Waals surface area contributed by atoms with Crippen LogP contribution in [0.3, 0.4) is 0 Å². The zero-order valence-electron chi connectivity index (χ0n) is 14.5. The Labute approximate surface area is 150 Å². The highest BCUT2D eigenvalue weighted by atomic mass is 16.6. The molecule has 1 aromatic heterocycles. The van der Waals surface area contributed by atoms with Gasteiger partial charge in [0.2, 0.25) is 5.82 Å². The van der Waals surface area contributed by atoms with E-state index in [0.717, 1.165) is 22.6 Å². The van der Waals surface area contributed by atoms with E-state index in [-0.39, 0.29) is 24.9 Å². The van der Waals surface area contributed by atoms with Crippen molar-refractivity contribution in [3.8, 4) is 22.9 Å². The fraction of sp³-hybridized carbons (Fsp3) is 0.211. The lowest BCUT2D eigenvalue weighted by Crippen LogP contribution is -2.08. The minimum Gasteiger partial charge on any atom is -0.497 e. The van der Waals surface area contributed by atoms with Crippen molar-refractivity contribution in [1.29, 1.82) is 0 Å². The summed E-state index contributed by atoms with van der Waals surface area (Å²) in [6.45, 7) is -0.0713. The molecule has 7 heteroatoms. The number of aromatic nitrogens is 2. The highest BCUT2D eigenvalue weighted by Crippen LogP contribution is 2.20. The maximum absolute atomic E-state index is 11.9. The van der Waals surface area contributed by atoms with Gasteiger partial charge in [0.25, 0.3) is 5.89 Å². The third-order valence-corrected chi connectivity index (χ3v) is 3.68. The van der Waals surface area contributed by atoms with Crippen LogP contribution in [0.5, 0.6) is 11.5 Å². The standard InChI is InChI=1S/C19H18N2O5/c1-23-15-7-3-13(4-8-15)11-18(22)25-12-17-20-19(21-26-17)14-5-9-16(24-2)10-6-14/h3-10H,11-12H2,1-2H3. The Kier molecular flexibility index (Phi) is 5.48. The molecular weight excluding hydrogens is 336 g/mol. The van der Waals surface area contributed by atoms with Gasteiger partial charge < -0.3 is 18.7 Å². The third-order valence-electron chi connectivity index (χ3n) is 3.68. The van der Waals surface area contributed by atoms with E-state index in [2.05, 4.69) is 10.1 Å². The first-order valence-corrected chi connectivity index (χ1v) is 7.93. The number of hydrogen-bond donors (Lipinski definition) is 0. The average Bonchev–Trinajstić information content (AvgIpc) is 3.16. The summed E-state index contributed by atoms with van der Waals surface area (Å²) in [5.41, 5.74) is 1.62. The van der Waals surface area contributed by atoms with Crippen LogP contribution in [0.1, 0.15) is 11.5 Å². The fourth-order valence-corrected chi connectivity index (χ4v) is 2.27. The van der Waals surface area contributed by atoms with Crippen molar-refractivity contribution in [2.75, 3.05) is 14.2 Å². The van der Waals surface area contributed by atoms with Gasteiger partial charge in [-0.2, -0.15) is 4.98 Å². The molecule has 0 spiro atoms. The summed E-state index contributed by atoms with van der Waals surface area (Å²) in [7, 11) is 3.19. The Balaban J connectivity index is 1.54. The molecule has 1 heterocycles. The lowest BCUT2D eigenvalue weighted by Gasteiger charge is -2.03. The van der Waals surface area contributed by atoms with Crippen LogP contribution in [-0.2, 0) is 22.6 Å². The molecule has 0 unspecified atom stereocenters. The molecule has 0 saturated carbocycles. The third kappa shape index (κ3) is 4.38. The van der Waals surface area contributed by atoms with Crippen molar-refractivity contribution in [1.82, 2.24) is 10.1 Å². The number of methoxy groups -OCH3 is 2. The van der Waals surface area contributed by atoms with Crippen LogP contribution >= 0.6 is 0 Å². The lowest BCUT2D eigenvalue weighted by molar-refractivity contribution is -0.144. The number of esters is 1. The SMILES string of the molecule is COc1ccc(CC(=O)OCc2nc(-c3ccc(OC)cc3)no2)cc1. The van der Waals surface area contributed by atoms with Gasteiger partial charge in [-0.15, -0.1) is 0 Å². The Hall–Kier alpha value is -3.35. The molecule has 0 N–H and O–H groups in total. The van der Waals surface area contributed by atoms with Crippen molar-refractivity contribution in [2.45, 2.75) is 13.0 Å². The summed E-state index contributed by atoms with van der Waals surface area (Å²) in [5, 5.41) is 3.89. The highest BCUT2D eigenvalue weighted by molar-refractivity contribution is 5.72. The van der Waals surface area contributed by atoms with Crippen molar-refractivity contribution in [3.63, 3.8) is 0 Å². The number of benzene rings is 2. The molecule has 3 rings (SSSR count). The van der Waals surface area contributed by atoms with E-state index in [9.17, 15) is 4.79 Å². The second-order valence-corrected chi connectivity index (χ2v) is 5.43. The molecule has 0 fully saturated rings. The number of nitrogens with zero attached hydrogens (tertiary/aromatic N) is 2. The van der Waals surface area contributed by atoms with E-state index in [1.807, 2.05) is 24.3 Å². The number of carbonyl (C=O) groups excluding carboxylic acids is 1. The summed E-state index contributed by atoms with van der Waals surface area (Å²) < 4.78 is 20.5. The Morgan fingerprint density at radius 3 is 2.19 bits per heavy atom. The van der Waals surface area contributed by atoms with Gasteiger partial charge in [-0.3, -0.25) is 4.79 Å². The van der Waals surface area contributed by atoms with E-state index < -0.39 is 0 Å². The largest absolute Gasteiger partial charge is 0.497 e. The first-order chi connectivity index (χ1) is 12.7. The summed E-state index contributed by atoms with van der Waals surface area (Å²) in [4.78, 5) is 16.2. The highest BCUT2D eigenvalue weighted by Gasteiger charge is 2.12. The smallest absolute Gasteiger partial charge is 0.310 e. The minimum atomic E-state index is -0.376. The van der Waals surface area contributed by atoms with Crippen LogP contribution in [-0.4, -0.2) is 30.3 Å². The summed E-state index contributed by atoms with van der Waals surface area (Å²) >= 11 is 0. The number of carbonyl (C=O) groups is 1. The van der Waals surface area contributed by atoms with E-state index in [0.29, 0.717) is 5.82 Å². The molecule has 26 heavy (non-hydrogen) atoms. The Morgan fingerprint density at radius 2 is 1.58 bits per heavy atom. The molecule has 2 aromatic carbocycles. The molecule has 7 nitrogen and oxygen atoms in total. The second-order valence-electron chi connectivity index (χ2n) is 5.43. The predicted octanol–water partition coefficient (Wildman–Crippen LogP) is 3.04. The van der Waals surface area contributed by atoms with Crippen LogP contribution in [0.15, 0.2) is 53.1 Å². The molecule has 3 aromatic rings. The molecule has 0 bridgehead atoms. The number of hydrogen-bond acceptors (Lipinski definition) is 7. The first-order valence-electron chi connectivity index (χ1n) is 7.93. The monoisotopic (exact) mass is 354 g/mol. The van der Waals surface area contributed by atoms with E-state index in [1.165, 1.54) is 0 Å². The van der Waals surface area contributed by atoms with Crippen molar-refractivity contribution in [3.05, 3.63) is 60.0 Å². The zero-order valence-corrected chi connectivity index (χ0v) is 14.5. The van der Waals surface area contributed by atoms with E-state index >= 15 is 0 Å². The van der Waals surface area contributed by atoms with Crippen LogP contribution in [0, 0.1) is 0 Å². The quantitative estimate of drug-likeness (QED) is 0.603. The normalized spacial score (nSPS) is 10.4. The molecule has 0 saturated heterocycles. The number of rotatable bonds is 7. The van der Waals surface area contributed by atoms with Crippen molar-refractivity contribution in [2.24, 2.45) is 0 Å². The summed E-state index contributed by atoms with van der Waals surface area (Å²) in [6, 6.07) is 14.5. The summed E-state index contributed by atoms with van der Waals surface area (Å²) in [5.74, 6) is 1.76. The Morgan fingerprint density at radius 1 is 0.962 bits per heavy atom. The lowest BCUT2D eigenvalue weighted by atomic mass is 10.1. The molecule has 0 radical (unpaired) electrons. The van der Waals surface area contributed by atoms with Gasteiger partial charge >= 0.3 is 5.97 Å². The molecule has 0 aliphatic heterocycles. The van der Waals surface area contributed by atoms with Gasteiger partial charge in [0, 0.05) is 5.56 Å². The molecule has 134 valence electrons. The zero-order chi connectivity index (χ0) is 18.4. The van der Waals surface area contributed by atoms with Crippen LogP contribution in [0.4, 0.5) is 0 Å². The fourth-order valence-electron chi connectivity index (χ4n) is 2.27. The van der Waals surface area contributed by atoms with Crippen LogP contribution in [0.2, 0.25) is 0 Å². The molecule has 0 amide bonds. The molecular formula is C19H18N2O5. The second kappa shape index (κ2) is 8.15. The van der Waals surface area contributed by atoms with Gasteiger partial charge in [-0.1, -0.05) is 17.3 Å². The van der Waals surface area contributed by atoms with Crippen molar-refractivity contribution >= 4 is 5.97 Å².